The number of unbranched alkanes of at least 4 members (excludes halogenated alkanes) is 3. The highest BCUT2D eigenvalue weighted by Gasteiger charge is 2.19. The van der Waals surface area contributed by atoms with E-state index in [9.17, 15) is 9.59 Å². The van der Waals surface area contributed by atoms with E-state index in [1.165, 1.54) is 12.8 Å². The Bertz CT molecular complexity index is 256. The van der Waals surface area contributed by atoms with Gasteiger partial charge >= 0.3 is 0 Å². The summed E-state index contributed by atoms with van der Waals surface area (Å²) in [6, 6.07) is 0. The van der Waals surface area contributed by atoms with Crippen molar-refractivity contribution in [1.82, 2.24) is 5.32 Å². The van der Waals surface area contributed by atoms with Gasteiger partial charge in [-0.2, -0.15) is 0 Å². The van der Waals surface area contributed by atoms with Crippen LogP contribution in [0.15, 0.2) is 11.6 Å². The van der Waals surface area contributed by atoms with Crippen molar-refractivity contribution in [2.45, 2.75) is 45.4 Å². The minimum absolute atomic E-state index is 0.152. The highest BCUT2D eigenvalue weighted by Crippen LogP contribution is 2.13. The molecular formula is C11H17NO2. The molecule has 3 nitrogen and oxygen atoms in total. The molecule has 0 saturated carbocycles. The van der Waals surface area contributed by atoms with E-state index in [1.807, 2.05) is 6.08 Å². The van der Waals surface area contributed by atoms with E-state index in [4.69, 9.17) is 0 Å². The number of allylic oxidation sites excluding steroid dienone is 1. The van der Waals surface area contributed by atoms with Crippen molar-refractivity contribution in [1.29, 1.82) is 0 Å². The molecule has 0 bridgehead atoms. The average molecular weight is 195 g/mol. The number of carbonyl (C=O) groups is 2. The smallest absolute Gasteiger partial charge is 0.253 e. The molecule has 0 radical (unpaired) electrons. The Morgan fingerprint density at radius 2 is 2.07 bits per heavy atom. The predicted molar refractivity (Wildman–Crippen MR) is 54.6 cm³/mol. The molecule has 0 aromatic heterocycles. The number of hydrogen-bond acceptors (Lipinski definition) is 2. The van der Waals surface area contributed by atoms with Gasteiger partial charge in [-0.25, -0.2) is 0 Å². The lowest BCUT2D eigenvalue weighted by atomic mass is 10.0. The van der Waals surface area contributed by atoms with Gasteiger partial charge in [0.1, 0.15) is 0 Å². The molecule has 1 N–H and O–H groups in total. The maximum Gasteiger partial charge on any atom is 0.253 e. The van der Waals surface area contributed by atoms with Crippen molar-refractivity contribution in [3.05, 3.63) is 11.6 Å². The fourth-order valence-corrected chi connectivity index (χ4v) is 1.50. The summed E-state index contributed by atoms with van der Waals surface area (Å²) in [6.45, 7) is 2.15. The quantitative estimate of drug-likeness (QED) is 0.423. The van der Waals surface area contributed by atoms with Crippen LogP contribution in [0.1, 0.15) is 45.4 Å². The molecule has 0 aromatic carbocycles. The SMILES string of the molecule is CCCCC/C=C1\CCC(=O)NC1=O. The largest absolute Gasteiger partial charge is 0.293 e. The summed E-state index contributed by atoms with van der Waals surface area (Å²) in [7, 11) is 0. The van der Waals surface area contributed by atoms with Crippen LogP contribution in [0.3, 0.4) is 0 Å². The molecule has 3 heteroatoms. The zero-order chi connectivity index (χ0) is 10.4. The minimum Gasteiger partial charge on any atom is -0.293 e. The Kier molecular flexibility index (Phi) is 4.36. The lowest BCUT2D eigenvalue weighted by Crippen LogP contribution is -2.35. The summed E-state index contributed by atoms with van der Waals surface area (Å²) in [5, 5.41) is 2.32. The van der Waals surface area contributed by atoms with Crippen LogP contribution in [0.2, 0.25) is 0 Å². The second-order valence-electron chi connectivity index (χ2n) is 3.60. The summed E-state index contributed by atoms with van der Waals surface area (Å²) >= 11 is 0. The van der Waals surface area contributed by atoms with Gasteiger partial charge in [0.05, 0.1) is 0 Å². The number of amides is 2. The number of imide groups is 1. The average Bonchev–Trinajstić information content (AvgIpc) is 2.15. The normalized spacial score (nSPS) is 19.9. The lowest BCUT2D eigenvalue weighted by molar-refractivity contribution is -0.130. The van der Waals surface area contributed by atoms with Gasteiger partial charge in [0.15, 0.2) is 0 Å². The van der Waals surface area contributed by atoms with Gasteiger partial charge in [-0.05, 0) is 19.3 Å². The van der Waals surface area contributed by atoms with Gasteiger partial charge in [-0.15, -0.1) is 0 Å². The fourth-order valence-electron chi connectivity index (χ4n) is 1.50. The summed E-state index contributed by atoms with van der Waals surface area (Å²) in [5.41, 5.74) is 0.778. The van der Waals surface area contributed by atoms with Gasteiger partial charge in [0.2, 0.25) is 5.91 Å². The van der Waals surface area contributed by atoms with Gasteiger partial charge in [0.25, 0.3) is 5.91 Å². The molecule has 0 atom stereocenters. The Morgan fingerprint density at radius 3 is 2.71 bits per heavy atom. The zero-order valence-electron chi connectivity index (χ0n) is 8.64. The van der Waals surface area contributed by atoms with Crippen LogP contribution in [0.25, 0.3) is 0 Å². The second-order valence-corrected chi connectivity index (χ2v) is 3.60. The third-order valence-corrected chi connectivity index (χ3v) is 2.36. The molecule has 1 fully saturated rings. The van der Waals surface area contributed by atoms with E-state index < -0.39 is 0 Å². The van der Waals surface area contributed by atoms with Crippen molar-refractivity contribution in [2.75, 3.05) is 0 Å². The standard InChI is InChI=1S/C11H17NO2/c1-2-3-4-5-6-9-7-8-10(13)12-11(9)14/h6H,2-5,7-8H2,1H3,(H,12,13,14)/b9-6+. The zero-order valence-corrected chi connectivity index (χ0v) is 8.64. The third kappa shape index (κ3) is 3.32. The van der Waals surface area contributed by atoms with Crippen LogP contribution in [0.4, 0.5) is 0 Å². The fraction of sp³-hybridized carbons (Fsp3) is 0.636. The van der Waals surface area contributed by atoms with Crippen molar-refractivity contribution in [2.24, 2.45) is 0 Å². The monoisotopic (exact) mass is 195 g/mol. The Balaban J connectivity index is 2.36. The molecule has 0 aliphatic carbocycles. The topological polar surface area (TPSA) is 46.2 Å². The highest BCUT2D eigenvalue weighted by atomic mass is 16.2. The first-order valence-corrected chi connectivity index (χ1v) is 5.27. The summed E-state index contributed by atoms with van der Waals surface area (Å²) in [5.74, 6) is -0.349. The van der Waals surface area contributed by atoms with Crippen LogP contribution in [0.5, 0.6) is 0 Å². The molecule has 0 unspecified atom stereocenters. The van der Waals surface area contributed by atoms with Crippen molar-refractivity contribution >= 4 is 11.8 Å². The molecular weight excluding hydrogens is 178 g/mol. The van der Waals surface area contributed by atoms with Gasteiger partial charge < -0.3 is 0 Å². The third-order valence-electron chi connectivity index (χ3n) is 2.36. The van der Waals surface area contributed by atoms with Crippen molar-refractivity contribution in [3.8, 4) is 0 Å². The molecule has 1 heterocycles. The maximum absolute atomic E-state index is 11.3. The summed E-state index contributed by atoms with van der Waals surface area (Å²) in [6.07, 6.45) is 7.49. The van der Waals surface area contributed by atoms with Crippen LogP contribution in [0, 0.1) is 0 Å². The first-order valence-electron chi connectivity index (χ1n) is 5.27. The molecule has 14 heavy (non-hydrogen) atoms. The number of carbonyl (C=O) groups excluding carboxylic acids is 2. The molecule has 1 saturated heterocycles. The maximum atomic E-state index is 11.3. The number of piperidine rings is 1. The first-order chi connectivity index (χ1) is 6.74. The van der Waals surface area contributed by atoms with E-state index in [0.29, 0.717) is 12.8 Å². The van der Waals surface area contributed by atoms with E-state index in [1.54, 1.807) is 0 Å². The molecule has 1 rings (SSSR count). The van der Waals surface area contributed by atoms with Crippen LogP contribution in [-0.4, -0.2) is 11.8 Å². The van der Waals surface area contributed by atoms with Crippen LogP contribution >= 0.6 is 0 Å². The molecule has 2 amide bonds. The van der Waals surface area contributed by atoms with Crippen molar-refractivity contribution < 1.29 is 9.59 Å². The highest BCUT2D eigenvalue weighted by molar-refractivity contribution is 6.07. The van der Waals surface area contributed by atoms with Crippen LogP contribution < -0.4 is 5.32 Å². The van der Waals surface area contributed by atoms with E-state index >= 15 is 0 Å². The molecule has 78 valence electrons. The molecule has 1 aliphatic heterocycles. The summed E-state index contributed by atoms with van der Waals surface area (Å²) < 4.78 is 0. The lowest BCUT2D eigenvalue weighted by Gasteiger charge is -2.13. The second kappa shape index (κ2) is 5.58. The van der Waals surface area contributed by atoms with Gasteiger partial charge in [-0.3, -0.25) is 14.9 Å². The van der Waals surface area contributed by atoms with Gasteiger partial charge in [0, 0.05) is 12.0 Å². The van der Waals surface area contributed by atoms with E-state index in [-0.39, 0.29) is 11.8 Å². The molecule has 0 spiro atoms. The van der Waals surface area contributed by atoms with Crippen LogP contribution in [-0.2, 0) is 9.59 Å². The number of hydrogen-bond donors (Lipinski definition) is 1. The molecule has 1 aliphatic rings. The van der Waals surface area contributed by atoms with E-state index in [0.717, 1.165) is 18.4 Å². The van der Waals surface area contributed by atoms with Crippen molar-refractivity contribution in [3.63, 3.8) is 0 Å². The van der Waals surface area contributed by atoms with E-state index in [2.05, 4.69) is 12.2 Å². The Labute approximate surface area is 84.6 Å². The number of rotatable bonds is 4. The molecule has 0 aromatic rings. The number of nitrogens with one attached hydrogen (secondary N) is 1. The Hall–Kier alpha value is -1.12. The first kappa shape index (κ1) is 11.0. The summed E-state index contributed by atoms with van der Waals surface area (Å²) in [4.78, 5) is 22.1. The Morgan fingerprint density at radius 1 is 1.29 bits per heavy atom. The van der Waals surface area contributed by atoms with Gasteiger partial charge in [-0.1, -0.05) is 25.8 Å². The minimum atomic E-state index is -0.197. The predicted octanol–water partition coefficient (Wildman–Crippen LogP) is 1.93.